The monoisotopic (exact) mass is 430 g/mol. The number of rotatable bonds is 14. The lowest BCUT2D eigenvalue weighted by atomic mass is 10.0. The van der Waals surface area contributed by atoms with Crippen LogP contribution in [0.1, 0.15) is 6.42 Å². The third-order valence-electron chi connectivity index (χ3n) is 4.00. The molecule has 0 unspecified atom stereocenters. The van der Waals surface area contributed by atoms with Crippen LogP contribution in [0.2, 0.25) is 0 Å². The van der Waals surface area contributed by atoms with Crippen LogP contribution in [0, 0.1) is 0 Å². The fraction of sp³-hybridized carbons (Fsp3) is 0.867. The van der Waals surface area contributed by atoms with Gasteiger partial charge in [0, 0.05) is 13.1 Å². The van der Waals surface area contributed by atoms with E-state index in [0.717, 1.165) is 0 Å². The van der Waals surface area contributed by atoms with Crippen molar-refractivity contribution in [3.8, 4) is 0 Å². The van der Waals surface area contributed by atoms with Crippen molar-refractivity contribution in [2.24, 2.45) is 0 Å². The van der Waals surface area contributed by atoms with Crippen molar-refractivity contribution in [1.29, 1.82) is 0 Å². The second-order valence-electron chi connectivity index (χ2n) is 6.29. The van der Waals surface area contributed by atoms with Gasteiger partial charge in [-0.05, 0) is 6.42 Å². The summed E-state index contributed by atoms with van der Waals surface area (Å²) in [6.45, 7) is -2.04. The lowest BCUT2D eigenvalue weighted by molar-refractivity contribution is -0.148. The molecule has 0 fully saturated rings. The number of aliphatic hydroxyl groups excluding tert-OH is 10. The molecule has 0 radical (unpaired) electrons. The highest BCUT2D eigenvalue weighted by Gasteiger charge is 2.35. The van der Waals surface area contributed by atoms with E-state index in [0.29, 0.717) is 0 Å². The molecule has 0 aromatic rings. The van der Waals surface area contributed by atoms with Crippen molar-refractivity contribution in [3.05, 3.63) is 0 Å². The van der Waals surface area contributed by atoms with Crippen LogP contribution in [0.3, 0.4) is 0 Å². The maximum absolute atomic E-state index is 11.7. The molecule has 0 rings (SSSR count). The van der Waals surface area contributed by atoms with Gasteiger partial charge in [0.1, 0.15) is 36.6 Å². The molecule has 0 aliphatic carbocycles. The first-order valence-corrected chi connectivity index (χ1v) is 8.71. The number of carbonyl (C=O) groups excluding carboxylic acids is 2. The number of aliphatic hydroxyl groups is 10. The zero-order valence-electron chi connectivity index (χ0n) is 15.4. The lowest BCUT2D eigenvalue weighted by Gasteiger charge is -2.25. The molecule has 0 aromatic heterocycles. The van der Waals surface area contributed by atoms with Gasteiger partial charge in [-0.3, -0.25) is 9.59 Å². The smallest absolute Gasteiger partial charge is 0.251 e. The normalized spacial score (nSPS) is 19.9. The predicted molar refractivity (Wildman–Crippen MR) is 92.9 cm³/mol. The van der Waals surface area contributed by atoms with Crippen molar-refractivity contribution >= 4 is 11.8 Å². The van der Waals surface area contributed by atoms with Crippen LogP contribution in [0.4, 0.5) is 0 Å². The maximum atomic E-state index is 11.7. The van der Waals surface area contributed by atoms with Gasteiger partial charge in [-0.1, -0.05) is 0 Å². The van der Waals surface area contributed by atoms with Crippen molar-refractivity contribution in [2.45, 2.75) is 55.3 Å². The molecule has 0 aromatic carbocycles. The summed E-state index contributed by atoms with van der Waals surface area (Å²) < 4.78 is 0. The lowest BCUT2D eigenvalue weighted by Crippen LogP contribution is -2.52. The van der Waals surface area contributed by atoms with Crippen LogP contribution in [0.25, 0.3) is 0 Å². The predicted octanol–water partition coefficient (Wildman–Crippen LogP) is -7.52. The molecule has 0 saturated heterocycles. The van der Waals surface area contributed by atoms with E-state index in [1.807, 2.05) is 0 Å². The van der Waals surface area contributed by atoms with E-state index < -0.39 is 73.9 Å². The van der Waals surface area contributed by atoms with Gasteiger partial charge < -0.3 is 61.7 Å². The SMILES string of the molecule is O=C(NCCCNC(=O)[C@H](O)[C@H](O)[C@@H](O)[C@H](O)CO)[C@H](O)[C@H](O)[C@@H](O)[C@H](O)CO. The highest BCUT2D eigenvalue weighted by atomic mass is 16.4. The molecule has 12 N–H and O–H groups in total. The molecule has 14 heteroatoms. The van der Waals surface area contributed by atoms with E-state index in [1.165, 1.54) is 0 Å². The first kappa shape index (κ1) is 27.5. The van der Waals surface area contributed by atoms with E-state index >= 15 is 0 Å². The summed E-state index contributed by atoms with van der Waals surface area (Å²) in [5.74, 6) is -2.19. The topological polar surface area (TPSA) is 260 Å². The molecule has 0 heterocycles. The zero-order chi connectivity index (χ0) is 22.7. The van der Waals surface area contributed by atoms with Crippen molar-refractivity contribution < 1.29 is 60.7 Å². The third kappa shape index (κ3) is 8.83. The van der Waals surface area contributed by atoms with E-state index in [1.54, 1.807) is 0 Å². The van der Waals surface area contributed by atoms with Gasteiger partial charge in [-0.25, -0.2) is 0 Å². The van der Waals surface area contributed by atoms with Crippen molar-refractivity contribution in [1.82, 2.24) is 10.6 Å². The molecule has 0 bridgehead atoms. The summed E-state index contributed by atoms with van der Waals surface area (Å²) in [5, 5.41) is 97.1. The highest BCUT2D eigenvalue weighted by Crippen LogP contribution is 2.06. The van der Waals surface area contributed by atoms with Gasteiger partial charge in [0.05, 0.1) is 13.2 Å². The molecule has 29 heavy (non-hydrogen) atoms. The molecule has 0 saturated carbocycles. The molecular formula is C15H30N2O12. The van der Waals surface area contributed by atoms with Gasteiger partial charge in [0.2, 0.25) is 0 Å². The van der Waals surface area contributed by atoms with Crippen molar-refractivity contribution in [3.63, 3.8) is 0 Å². The Morgan fingerprint density at radius 1 is 0.586 bits per heavy atom. The minimum Gasteiger partial charge on any atom is -0.394 e. The van der Waals surface area contributed by atoms with E-state index in [9.17, 15) is 40.2 Å². The quantitative estimate of drug-likeness (QED) is 0.115. The average Bonchev–Trinajstić information content (AvgIpc) is 2.73. The Bertz CT molecular complexity index is 454. The first-order chi connectivity index (χ1) is 13.5. The van der Waals surface area contributed by atoms with Crippen LogP contribution in [0.15, 0.2) is 0 Å². The van der Waals surface area contributed by atoms with E-state index in [2.05, 4.69) is 10.6 Å². The Labute approximate surface area is 165 Å². The largest absolute Gasteiger partial charge is 0.394 e. The highest BCUT2D eigenvalue weighted by molar-refractivity contribution is 5.81. The van der Waals surface area contributed by atoms with Gasteiger partial charge in [0.25, 0.3) is 11.8 Å². The molecular weight excluding hydrogens is 400 g/mol. The molecule has 0 aliphatic heterocycles. The van der Waals surface area contributed by atoms with Gasteiger partial charge in [-0.2, -0.15) is 0 Å². The number of hydrogen-bond donors (Lipinski definition) is 12. The van der Waals surface area contributed by atoms with Gasteiger partial charge in [-0.15, -0.1) is 0 Å². The average molecular weight is 430 g/mol. The van der Waals surface area contributed by atoms with Crippen LogP contribution in [-0.4, -0.2) is 138 Å². The second kappa shape index (κ2) is 13.7. The van der Waals surface area contributed by atoms with Crippen LogP contribution in [-0.2, 0) is 9.59 Å². The molecule has 2 amide bonds. The Morgan fingerprint density at radius 3 is 1.17 bits per heavy atom. The number of hydrogen-bond acceptors (Lipinski definition) is 12. The summed E-state index contributed by atoms with van der Waals surface area (Å²) in [4.78, 5) is 23.3. The fourth-order valence-electron chi connectivity index (χ4n) is 2.08. The summed E-state index contributed by atoms with van der Waals surface area (Å²) in [6.07, 6.45) is -15.7. The standard InChI is InChI=1S/C15H30N2O12/c18-4-6(20)8(22)10(24)12(26)14(28)16-2-1-3-17-15(29)13(27)11(25)9(23)7(21)5-19/h6-13,18-27H,1-5H2,(H,16,28)(H,17,29)/t6-,7-,8+,9+,10-,11-,12-,13-/m1/s1. The second-order valence-corrected chi connectivity index (χ2v) is 6.29. The Kier molecular flexibility index (Phi) is 13.0. The van der Waals surface area contributed by atoms with Crippen LogP contribution >= 0.6 is 0 Å². The molecule has 14 nitrogen and oxygen atoms in total. The fourth-order valence-corrected chi connectivity index (χ4v) is 2.08. The molecule has 0 spiro atoms. The summed E-state index contributed by atoms with van der Waals surface area (Å²) in [7, 11) is 0. The minimum absolute atomic E-state index is 0.0761. The summed E-state index contributed by atoms with van der Waals surface area (Å²) >= 11 is 0. The summed E-state index contributed by atoms with van der Waals surface area (Å²) in [5.41, 5.74) is 0. The number of nitrogens with one attached hydrogen (secondary N) is 2. The van der Waals surface area contributed by atoms with E-state index in [4.69, 9.17) is 20.4 Å². The number of carbonyl (C=O) groups is 2. The van der Waals surface area contributed by atoms with E-state index in [-0.39, 0.29) is 19.5 Å². The Morgan fingerprint density at radius 2 is 0.897 bits per heavy atom. The van der Waals surface area contributed by atoms with Crippen LogP contribution in [0.5, 0.6) is 0 Å². The third-order valence-corrected chi connectivity index (χ3v) is 4.00. The van der Waals surface area contributed by atoms with Crippen LogP contribution < -0.4 is 10.6 Å². The minimum atomic E-state index is -2.10. The zero-order valence-corrected chi connectivity index (χ0v) is 15.4. The van der Waals surface area contributed by atoms with Gasteiger partial charge >= 0.3 is 0 Å². The Balaban J connectivity index is 4.25. The first-order valence-electron chi connectivity index (χ1n) is 8.71. The summed E-state index contributed by atoms with van der Waals surface area (Å²) in [6, 6.07) is 0. The molecule has 0 aliphatic rings. The molecule has 172 valence electrons. The van der Waals surface area contributed by atoms with Gasteiger partial charge in [0.15, 0.2) is 12.2 Å². The molecule has 8 atom stereocenters. The number of amides is 2. The Hall–Kier alpha value is -1.46. The van der Waals surface area contributed by atoms with Crippen molar-refractivity contribution in [2.75, 3.05) is 26.3 Å². The maximum Gasteiger partial charge on any atom is 0.251 e.